The maximum Gasteiger partial charge on any atom is 0.349 e. The predicted octanol–water partition coefficient (Wildman–Crippen LogP) is 0.573. The van der Waals surface area contributed by atoms with Crippen molar-refractivity contribution in [3.8, 4) is 0 Å². The highest BCUT2D eigenvalue weighted by molar-refractivity contribution is 5.76. The molecule has 0 spiro atoms. The van der Waals surface area contributed by atoms with Gasteiger partial charge in [0.05, 0.1) is 0 Å². The number of carbonyl (C=O) groups excluding carboxylic acids is 1. The summed E-state index contributed by atoms with van der Waals surface area (Å²) in [6.07, 6.45) is 2.20. The SMILES string of the molecule is CC(Cc1ccccc1)NC(=O)Cn1ccc(N)nc1=O. The molecule has 1 amide bonds. The Hall–Kier alpha value is -2.63. The molecule has 0 saturated carbocycles. The molecule has 0 bridgehead atoms. The van der Waals surface area contributed by atoms with E-state index < -0.39 is 5.69 Å². The Morgan fingerprint density at radius 2 is 2.05 bits per heavy atom. The highest BCUT2D eigenvalue weighted by atomic mass is 16.2. The molecule has 2 rings (SSSR count). The van der Waals surface area contributed by atoms with Crippen LogP contribution in [0.5, 0.6) is 0 Å². The molecular formula is C15H18N4O2. The van der Waals surface area contributed by atoms with E-state index in [1.165, 1.54) is 16.8 Å². The molecule has 110 valence electrons. The number of nitrogens with two attached hydrogens (primary N) is 1. The third kappa shape index (κ3) is 4.45. The van der Waals surface area contributed by atoms with E-state index in [0.717, 1.165) is 12.0 Å². The smallest absolute Gasteiger partial charge is 0.349 e. The lowest BCUT2D eigenvalue weighted by atomic mass is 10.1. The van der Waals surface area contributed by atoms with Gasteiger partial charge in [-0.3, -0.25) is 9.36 Å². The molecule has 0 aliphatic rings. The first-order chi connectivity index (χ1) is 10.0. The second-order valence-electron chi connectivity index (χ2n) is 4.92. The third-order valence-corrected chi connectivity index (χ3v) is 3.00. The Kier molecular flexibility index (Phi) is 4.71. The topological polar surface area (TPSA) is 90.0 Å². The number of nitrogens with one attached hydrogen (secondary N) is 1. The fourth-order valence-corrected chi connectivity index (χ4v) is 2.06. The summed E-state index contributed by atoms with van der Waals surface area (Å²) in [5, 5.41) is 2.86. The van der Waals surface area contributed by atoms with Crippen molar-refractivity contribution in [2.75, 3.05) is 5.73 Å². The molecule has 0 fully saturated rings. The number of hydrogen-bond acceptors (Lipinski definition) is 4. The quantitative estimate of drug-likeness (QED) is 0.841. The van der Waals surface area contributed by atoms with Gasteiger partial charge in [-0.05, 0) is 25.0 Å². The number of hydrogen-bond donors (Lipinski definition) is 2. The van der Waals surface area contributed by atoms with Gasteiger partial charge in [0.15, 0.2) is 0 Å². The first-order valence-corrected chi connectivity index (χ1v) is 6.71. The molecule has 1 aromatic heterocycles. The zero-order valence-corrected chi connectivity index (χ0v) is 11.8. The van der Waals surface area contributed by atoms with Gasteiger partial charge in [0.1, 0.15) is 12.4 Å². The van der Waals surface area contributed by atoms with E-state index in [-0.39, 0.29) is 24.3 Å². The molecular weight excluding hydrogens is 268 g/mol. The maximum absolute atomic E-state index is 11.9. The molecule has 21 heavy (non-hydrogen) atoms. The Labute approximate surface area is 122 Å². The average molecular weight is 286 g/mol. The van der Waals surface area contributed by atoms with E-state index in [9.17, 15) is 9.59 Å². The van der Waals surface area contributed by atoms with E-state index in [2.05, 4.69) is 10.3 Å². The van der Waals surface area contributed by atoms with Crippen molar-refractivity contribution in [2.24, 2.45) is 0 Å². The van der Waals surface area contributed by atoms with Crippen LogP contribution in [-0.4, -0.2) is 21.5 Å². The third-order valence-electron chi connectivity index (χ3n) is 3.00. The van der Waals surface area contributed by atoms with Crippen molar-refractivity contribution in [1.29, 1.82) is 0 Å². The predicted molar refractivity (Wildman–Crippen MR) is 80.7 cm³/mol. The van der Waals surface area contributed by atoms with Crippen LogP contribution in [0.2, 0.25) is 0 Å². The van der Waals surface area contributed by atoms with E-state index in [4.69, 9.17) is 5.73 Å². The first kappa shape index (κ1) is 14.8. The standard InChI is InChI=1S/C15H18N4O2/c1-11(9-12-5-3-2-4-6-12)17-14(20)10-19-8-7-13(16)18-15(19)21/h2-8,11H,9-10H2,1H3,(H,17,20)(H2,16,18,21). The van der Waals surface area contributed by atoms with Crippen LogP contribution >= 0.6 is 0 Å². The van der Waals surface area contributed by atoms with Crippen molar-refractivity contribution in [1.82, 2.24) is 14.9 Å². The molecule has 1 heterocycles. The monoisotopic (exact) mass is 286 g/mol. The summed E-state index contributed by atoms with van der Waals surface area (Å²) in [6, 6.07) is 11.4. The van der Waals surface area contributed by atoms with Crippen molar-refractivity contribution in [2.45, 2.75) is 25.9 Å². The van der Waals surface area contributed by atoms with Gasteiger partial charge in [-0.15, -0.1) is 0 Å². The molecule has 0 saturated heterocycles. The van der Waals surface area contributed by atoms with Gasteiger partial charge < -0.3 is 11.1 Å². The number of rotatable bonds is 5. The maximum atomic E-state index is 11.9. The fraction of sp³-hybridized carbons (Fsp3) is 0.267. The van der Waals surface area contributed by atoms with Gasteiger partial charge in [-0.25, -0.2) is 4.79 Å². The van der Waals surface area contributed by atoms with Crippen LogP contribution < -0.4 is 16.7 Å². The van der Waals surface area contributed by atoms with E-state index in [0.29, 0.717) is 0 Å². The van der Waals surface area contributed by atoms with Crippen LogP contribution in [0.4, 0.5) is 5.82 Å². The van der Waals surface area contributed by atoms with Crippen molar-refractivity contribution in [3.63, 3.8) is 0 Å². The Balaban J connectivity index is 1.91. The van der Waals surface area contributed by atoms with Crippen molar-refractivity contribution < 1.29 is 4.79 Å². The summed E-state index contributed by atoms with van der Waals surface area (Å²) < 4.78 is 1.22. The Morgan fingerprint density at radius 3 is 2.71 bits per heavy atom. The molecule has 0 aliphatic heterocycles. The lowest BCUT2D eigenvalue weighted by molar-refractivity contribution is -0.122. The number of nitrogen functional groups attached to an aromatic ring is 1. The summed E-state index contributed by atoms with van der Waals surface area (Å²) in [7, 11) is 0. The molecule has 0 radical (unpaired) electrons. The number of carbonyl (C=O) groups is 1. The molecule has 3 N–H and O–H groups in total. The lowest BCUT2D eigenvalue weighted by Gasteiger charge is -2.14. The van der Waals surface area contributed by atoms with Crippen molar-refractivity contribution in [3.05, 3.63) is 58.6 Å². The fourth-order valence-electron chi connectivity index (χ4n) is 2.06. The van der Waals surface area contributed by atoms with Crippen LogP contribution in [-0.2, 0) is 17.8 Å². The summed E-state index contributed by atoms with van der Waals surface area (Å²) in [5.74, 6) is -0.0822. The lowest BCUT2D eigenvalue weighted by Crippen LogP contribution is -2.38. The van der Waals surface area contributed by atoms with Crippen molar-refractivity contribution >= 4 is 11.7 Å². The highest BCUT2D eigenvalue weighted by Crippen LogP contribution is 2.02. The van der Waals surface area contributed by atoms with Crippen LogP contribution in [0.3, 0.4) is 0 Å². The van der Waals surface area contributed by atoms with Crippen LogP contribution in [0.25, 0.3) is 0 Å². The van der Waals surface area contributed by atoms with Crippen LogP contribution in [0.15, 0.2) is 47.4 Å². The number of anilines is 1. The second-order valence-corrected chi connectivity index (χ2v) is 4.92. The molecule has 1 unspecified atom stereocenters. The second kappa shape index (κ2) is 6.69. The molecule has 6 nitrogen and oxygen atoms in total. The van der Waals surface area contributed by atoms with Gasteiger partial charge in [0, 0.05) is 12.2 Å². The number of benzene rings is 1. The first-order valence-electron chi connectivity index (χ1n) is 6.71. The number of nitrogens with zero attached hydrogens (tertiary/aromatic N) is 2. The molecule has 1 atom stereocenters. The summed E-state index contributed by atoms with van der Waals surface area (Å²) in [5.41, 5.74) is 6.02. The summed E-state index contributed by atoms with van der Waals surface area (Å²) >= 11 is 0. The van der Waals surface area contributed by atoms with E-state index in [1.54, 1.807) is 0 Å². The largest absolute Gasteiger partial charge is 0.383 e. The zero-order chi connectivity index (χ0) is 15.2. The number of aromatic nitrogens is 2. The summed E-state index contributed by atoms with van der Waals surface area (Å²) in [6.45, 7) is 1.86. The minimum absolute atomic E-state index is 0.0163. The molecule has 2 aromatic rings. The van der Waals surface area contributed by atoms with Gasteiger partial charge in [0.2, 0.25) is 5.91 Å². The normalized spacial score (nSPS) is 11.9. The van der Waals surface area contributed by atoms with E-state index >= 15 is 0 Å². The molecule has 1 aromatic carbocycles. The minimum atomic E-state index is -0.527. The summed E-state index contributed by atoms with van der Waals surface area (Å²) in [4.78, 5) is 27.0. The molecule has 0 aliphatic carbocycles. The highest BCUT2D eigenvalue weighted by Gasteiger charge is 2.09. The average Bonchev–Trinajstić information content (AvgIpc) is 2.43. The van der Waals surface area contributed by atoms with Crippen LogP contribution in [0.1, 0.15) is 12.5 Å². The molecule has 6 heteroatoms. The Morgan fingerprint density at radius 1 is 1.33 bits per heavy atom. The van der Waals surface area contributed by atoms with Gasteiger partial charge in [-0.1, -0.05) is 30.3 Å². The van der Waals surface area contributed by atoms with Gasteiger partial charge in [-0.2, -0.15) is 4.98 Å². The number of amides is 1. The minimum Gasteiger partial charge on any atom is -0.383 e. The zero-order valence-electron chi connectivity index (χ0n) is 11.8. The van der Waals surface area contributed by atoms with Gasteiger partial charge in [0.25, 0.3) is 0 Å². The van der Waals surface area contributed by atoms with Crippen LogP contribution in [0, 0.1) is 0 Å². The van der Waals surface area contributed by atoms with E-state index in [1.807, 2.05) is 37.3 Å². The van der Waals surface area contributed by atoms with Gasteiger partial charge >= 0.3 is 5.69 Å². The Bertz CT molecular complexity index is 667.